The SMILES string of the molecule is NCCC(=O)c1c(Br)ccc(O)c1O. The van der Waals surface area contributed by atoms with E-state index in [4.69, 9.17) is 5.73 Å². The second-order valence-corrected chi connectivity index (χ2v) is 3.61. The number of Topliss-reactive ketones (excluding diaryl/α,β-unsaturated/α-hetero) is 1. The van der Waals surface area contributed by atoms with Gasteiger partial charge in [0.15, 0.2) is 17.3 Å². The second kappa shape index (κ2) is 4.43. The summed E-state index contributed by atoms with van der Waals surface area (Å²) in [5.74, 6) is -1.01. The summed E-state index contributed by atoms with van der Waals surface area (Å²) < 4.78 is 0.450. The lowest BCUT2D eigenvalue weighted by Crippen LogP contribution is -2.08. The van der Waals surface area contributed by atoms with Crippen molar-refractivity contribution >= 4 is 21.7 Å². The van der Waals surface area contributed by atoms with Crippen molar-refractivity contribution in [3.8, 4) is 11.5 Å². The van der Waals surface area contributed by atoms with Gasteiger partial charge in [-0.25, -0.2) is 0 Å². The third-order valence-corrected chi connectivity index (χ3v) is 2.42. The largest absolute Gasteiger partial charge is 0.504 e. The molecular formula is C9H10BrNO3. The molecule has 0 aliphatic heterocycles. The number of halogens is 1. The highest BCUT2D eigenvalue weighted by Crippen LogP contribution is 2.34. The molecule has 0 saturated heterocycles. The molecule has 0 aromatic heterocycles. The lowest BCUT2D eigenvalue weighted by Gasteiger charge is -2.06. The first-order chi connectivity index (χ1) is 6.57. The zero-order chi connectivity index (χ0) is 10.7. The third kappa shape index (κ3) is 2.05. The Bertz CT molecular complexity index is 365. The number of nitrogens with two attached hydrogens (primary N) is 1. The summed E-state index contributed by atoms with van der Waals surface area (Å²) in [7, 11) is 0. The van der Waals surface area contributed by atoms with E-state index in [-0.39, 0.29) is 30.1 Å². The van der Waals surface area contributed by atoms with Gasteiger partial charge in [0.25, 0.3) is 0 Å². The van der Waals surface area contributed by atoms with Gasteiger partial charge < -0.3 is 15.9 Å². The summed E-state index contributed by atoms with van der Waals surface area (Å²) in [5.41, 5.74) is 5.30. The molecule has 4 N–H and O–H groups in total. The summed E-state index contributed by atoms with van der Waals surface area (Å²) in [6.07, 6.45) is 0.135. The van der Waals surface area contributed by atoms with E-state index in [0.29, 0.717) is 4.47 Å². The fourth-order valence-corrected chi connectivity index (χ4v) is 1.62. The smallest absolute Gasteiger partial charge is 0.169 e. The van der Waals surface area contributed by atoms with Gasteiger partial charge in [-0.05, 0) is 34.6 Å². The zero-order valence-electron chi connectivity index (χ0n) is 7.33. The van der Waals surface area contributed by atoms with Gasteiger partial charge in [-0.15, -0.1) is 0 Å². The van der Waals surface area contributed by atoms with Gasteiger partial charge >= 0.3 is 0 Å². The summed E-state index contributed by atoms with van der Waals surface area (Å²) >= 11 is 3.12. The topological polar surface area (TPSA) is 83.6 Å². The molecule has 1 aromatic carbocycles. The number of benzene rings is 1. The van der Waals surface area contributed by atoms with Crippen molar-refractivity contribution in [3.05, 3.63) is 22.2 Å². The lowest BCUT2D eigenvalue weighted by molar-refractivity contribution is 0.0981. The highest BCUT2D eigenvalue weighted by molar-refractivity contribution is 9.10. The lowest BCUT2D eigenvalue weighted by atomic mass is 10.1. The molecule has 0 bridgehead atoms. The Balaban J connectivity index is 3.18. The van der Waals surface area contributed by atoms with Crippen LogP contribution in [0, 0.1) is 0 Å². The number of hydrogen-bond donors (Lipinski definition) is 3. The predicted molar refractivity (Wildman–Crippen MR) is 55.5 cm³/mol. The van der Waals surface area contributed by atoms with Gasteiger partial charge in [-0.1, -0.05) is 0 Å². The first-order valence-corrected chi connectivity index (χ1v) is 4.81. The van der Waals surface area contributed by atoms with Crippen LogP contribution in [-0.4, -0.2) is 22.5 Å². The Morgan fingerprint density at radius 3 is 2.64 bits per heavy atom. The van der Waals surface area contributed by atoms with Crippen molar-refractivity contribution < 1.29 is 15.0 Å². The predicted octanol–water partition coefficient (Wildman–Crippen LogP) is 1.39. The van der Waals surface area contributed by atoms with Gasteiger partial charge in [-0.3, -0.25) is 4.79 Å². The second-order valence-electron chi connectivity index (χ2n) is 2.75. The van der Waals surface area contributed by atoms with Crippen LogP contribution in [0.1, 0.15) is 16.8 Å². The highest BCUT2D eigenvalue weighted by atomic mass is 79.9. The van der Waals surface area contributed by atoms with Crippen LogP contribution < -0.4 is 5.73 Å². The number of phenols is 2. The summed E-state index contributed by atoms with van der Waals surface area (Å²) in [6.45, 7) is 0.209. The number of ketones is 1. The normalized spacial score (nSPS) is 10.1. The van der Waals surface area contributed by atoms with Crippen LogP contribution in [0.3, 0.4) is 0 Å². The molecule has 1 rings (SSSR count). The Kier molecular flexibility index (Phi) is 3.49. The minimum absolute atomic E-state index is 0.0791. The van der Waals surface area contributed by atoms with Crippen LogP contribution in [0.25, 0.3) is 0 Å². The van der Waals surface area contributed by atoms with Gasteiger partial charge in [-0.2, -0.15) is 0 Å². The molecule has 0 amide bonds. The molecule has 0 radical (unpaired) electrons. The minimum Gasteiger partial charge on any atom is -0.504 e. The molecule has 0 aliphatic carbocycles. The van der Waals surface area contributed by atoms with Crippen molar-refractivity contribution in [2.45, 2.75) is 6.42 Å². The monoisotopic (exact) mass is 259 g/mol. The number of hydrogen-bond acceptors (Lipinski definition) is 4. The quantitative estimate of drug-likeness (QED) is 0.566. The maximum Gasteiger partial charge on any atom is 0.169 e. The maximum absolute atomic E-state index is 11.5. The van der Waals surface area contributed by atoms with E-state index in [2.05, 4.69) is 15.9 Å². The first-order valence-electron chi connectivity index (χ1n) is 4.01. The van der Waals surface area contributed by atoms with E-state index >= 15 is 0 Å². The van der Waals surface area contributed by atoms with Crippen molar-refractivity contribution in [2.75, 3.05) is 6.54 Å². The average Bonchev–Trinajstić information content (AvgIpc) is 2.13. The number of aromatic hydroxyl groups is 2. The number of carbonyl (C=O) groups excluding carboxylic acids is 1. The van der Waals surface area contributed by atoms with Crippen LogP contribution in [0.15, 0.2) is 16.6 Å². The van der Waals surface area contributed by atoms with E-state index in [1.807, 2.05) is 0 Å². The fraction of sp³-hybridized carbons (Fsp3) is 0.222. The van der Waals surface area contributed by atoms with Crippen LogP contribution in [0.2, 0.25) is 0 Å². The van der Waals surface area contributed by atoms with Crippen molar-refractivity contribution in [2.24, 2.45) is 5.73 Å². The van der Waals surface area contributed by atoms with E-state index in [1.54, 1.807) is 0 Å². The van der Waals surface area contributed by atoms with E-state index in [1.165, 1.54) is 12.1 Å². The number of phenolic OH excluding ortho intramolecular Hbond substituents is 2. The maximum atomic E-state index is 11.5. The Morgan fingerprint density at radius 2 is 2.07 bits per heavy atom. The summed E-state index contributed by atoms with van der Waals surface area (Å²) in [4.78, 5) is 11.5. The molecule has 0 spiro atoms. The molecule has 0 aliphatic rings. The zero-order valence-corrected chi connectivity index (χ0v) is 8.91. The van der Waals surface area contributed by atoms with Crippen LogP contribution in [-0.2, 0) is 0 Å². The van der Waals surface area contributed by atoms with Crippen molar-refractivity contribution in [1.29, 1.82) is 0 Å². The highest BCUT2D eigenvalue weighted by Gasteiger charge is 2.17. The molecular weight excluding hydrogens is 250 g/mol. The Hall–Kier alpha value is -1.07. The van der Waals surface area contributed by atoms with Crippen LogP contribution >= 0.6 is 15.9 Å². The van der Waals surface area contributed by atoms with Crippen molar-refractivity contribution in [3.63, 3.8) is 0 Å². The van der Waals surface area contributed by atoms with Crippen LogP contribution in [0.5, 0.6) is 11.5 Å². The fourth-order valence-electron chi connectivity index (χ4n) is 1.08. The molecule has 5 heteroatoms. The molecule has 76 valence electrons. The molecule has 0 saturated carbocycles. The Labute approximate surface area is 89.5 Å². The van der Waals surface area contributed by atoms with Crippen LogP contribution in [0.4, 0.5) is 0 Å². The van der Waals surface area contributed by atoms with E-state index in [0.717, 1.165) is 0 Å². The molecule has 0 heterocycles. The number of carbonyl (C=O) groups is 1. The molecule has 0 fully saturated rings. The van der Waals surface area contributed by atoms with Gasteiger partial charge in [0.2, 0.25) is 0 Å². The average molecular weight is 260 g/mol. The van der Waals surface area contributed by atoms with Gasteiger partial charge in [0.1, 0.15) is 0 Å². The third-order valence-electron chi connectivity index (χ3n) is 1.76. The summed E-state index contributed by atoms with van der Waals surface area (Å²) in [6, 6.07) is 2.80. The standard InChI is InChI=1S/C9H10BrNO3/c10-5-1-2-7(13)9(14)8(5)6(12)3-4-11/h1-2,13-14H,3-4,11H2. The molecule has 1 aromatic rings. The summed E-state index contributed by atoms with van der Waals surface area (Å²) in [5, 5.41) is 18.6. The van der Waals surface area contributed by atoms with E-state index < -0.39 is 5.75 Å². The van der Waals surface area contributed by atoms with E-state index in [9.17, 15) is 15.0 Å². The van der Waals surface area contributed by atoms with Crippen molar-refractivity contribution in [1.82, 2.24) is 0 Å². The Morgan fingerprint density at radius 1 is 1.43 bits per heavy atom. The van der Waals surface area contributed by atoms with Gasteiger partial charge in [0, 0.05) is 10.9 Å². The molecule has 0 atom stereocenters. The van der Waals surface area contributed by atoms with Gasteiger partial charge in [0.05, 0.1) is 5.56 Å². The number of rotatable bonds is 3. The minimum atomic E-state index is -0.405. The molecule has 14 heavy (non-hydrogen) atoms. The first kappa shape index (κ1) is 11.0. The molecule has 0 unspecified atom stereocenters. The molecule has 4 nitrogen and oxygen atoms in total.